The van der Waals surface area contributed by atoms with Gasteiger partial charge in [0.25, 0.3) is 11.8 Å². The van der Waals surface area contributed by atoms with Gasteiger partial charge in [-0.3, -0.25) is 9.59 Å². The summed E-state index contributed by atoms with van der Waals surface area (Å²) in [6, 6.07) is 21.1. The third kappa shape index (κ3) is 4.39. The zero-order valence-corrected chi connectivity index (χ0v) is 19.4. The minimum absolute atomic E-state index is 0.0282. The van der Waals surface area contributed by atoms with E-state index in [0.29, 0.717) is 30.1 Å². The third-order valence-corrected chi connectivity index (χ3v) is 6.31. The highest BCUT2D eigenvalue weighted by atomic mass is 16.5. The molecular formula is C28H27N3O3. The van der Waals surface area contributed by atoms with Crippen LogP contribution in [-0.4, -0.2) is 42.9 Å². The van der Waals surface area contributed by atoms with Crippen molar-refractivity contribution >= 4 is 29.3 Å². The summed E-state index contributed by atoms with van der Waals surface area (Å²) >= 11 is 0. The number of para-hydroxylation sites is 2. The smallest absolute Gasteiger partial charge is 0.291 e. The van der Waals surface area contributed by atoms with Gasteiger partial charge in [-0.25, -0.2) is 0 Å². The van der Waals surface area contributed by atoms with Crippen LogP contribution in [0.5, 0.6) is 5.75 Å². The molecule has 6 heteroatoms. The highest BCUT2D eigenvalue weighted by Crippen LogP contribution is 2.31. The van der Waals surface area contributed by atoms with Crippen LogP contribution in [0.15, 0.2) is 72.5 Å². The number of carbonyl (C=O) groups is 2. The number of fused-ring (bicyclic) bond motifs is 1. The first kappa shape index (κ1) is 21.8. The summed E-state index contributed by atoms with van der Waals surface area (Å²) in [6.45, 7) is 7.23. The largest absolute Gasteiger partial charge is 0.449 e. The molecule has 0 radical (unpaired) electrons. The van der Waals surface area contributed by atoms with Crippen LogP contribution in [0.1, 0.15) is 27.0 Å². The first-order valence-corrected chi connectivity index (χ1v) is 11.5. The number of rotatable bonds is 3. The Morgan fingerprint density at radius 3 is 2.44 bits per heavy atom. The van der Waals surface area contributed by atoms with E-state index in [1.165, 1.54) is 16.8 Å². The number of carbonyl (C=O) groups excluding carboxylic acids is 2. The Morgan fingerprint density at radius 1 is 0.941 bits per heavy atom. The molecule has 0 aliphatic carbocycles. The van der Waals surface area contributed by atoms with Crippen molar-refractivity contribution in [3.8, 4) is 5.75 Å². The van der Waals surface area contributed by atoms with Crippen LogP contribution in [0.2, 0.25) is 0 Å². The van der Waals surface area contributed by atoms with Gasteiger partial charge >= 0.3 is 0 Å². The quantitative estimate of drug-likeness (QED) is 0.587. The molecule has 0 aromatic heterocycles. The van der Waals surface area contributed by atoms with Crippen LogP contribution in [0.25, 0.3) is 6.08 Å². The summed E-state index contributed by atoms with van der Waals surface area (Å²) in [5, 5.41) is 2.83. The maximum Gasteiger partial charge on any atom is 0.291 e. The number of amides is 2. The van der Waals surface area contributed by atoms with E-state index in [9.17, 15) is 9.59 Å². The number of anilines is 2. The maximum atomic E-state index is 13.1. The number of ether oxygens (including phenoxy) is 1. The number of aryl methyl sites for hydroxylation is 2. The molecule has 0 bridgehead atoms. The Kier molecular flexibility index (Phi) is 5.80. The average molecular weight is 454 g/mol. The van der Waals surface area contributed by atoms with E-state index in [-0.39, 0.29) is 17.6 Å². The van der Waals surface area contributed by atoms with Crippen molar-refractivity contribution in [1.82, 2.24) is 4.90 Å². The van der Waals surface area contributed by atoms with Crippen LogP contribution < -0.4 is 15.0 Å². The van der Waals surface area contributed by atoms with E-state index < -0.39 is 0 Å². The second-order valence-corrected chi connectivity index (χ2v) is 8.75. The van der Waals surface area contributed by atoms with Crippen LogP contribution in [0.4, 0.5) is 11.4 Å². The molecule has 5 rings (SSSR count). The lowest BCUT2D eigenvalue weighted by atomic mass is 10.1. The Balaban J connectivity index is 1.24. The number of benzene rings is 3. The highest BCUT2D eigenvalue weighted by molar-refractivity contribution is 6.08. The Morgan fingerprint density at radius 2 is 1.68 bits per heavy atom. The van der Waals surface area contributed by atoms with Gasteiger partial charge in [-0.1, -0.05) is 36.4 Å². The predicted molar refractivity (Wildman–Crippen MR) is 134 cm³/mol. The third-order valence-electron chi connectivity index (χ3n) is 6.31. The summed E-state index contributed by atoms with van der Waals surface area (Å²) in [6.07, 6.45) is 1.68. The molecule has 2 aliphatic rings. The number of piperazine rings is 1. The highest BCUT2D eigenvalue weighted by Gasteiger charge is 2.24. The lowest BCUT2D eigenvalue weighted by Crippen LogP contribution is -2.49. The number of nitrogens with one attached hydrogen (secondary N) is 1. The summed E-state index contributed by atoms with van der Waals surface area (Å²) in [5.41, 5.74) is 5.84. The van der Waals surface area contributed by atoms with Crippen molar-refractivity contribution in [2.24, 2.45) is 0 Å². The Bertz CT molecular complexity index is 1270. The van der Waals surface area contributed by atoms with E-state index in [4.69, 9.17) is 4.74 Å². The normalized spacial score (nSPS) is 16.6. The van der Waals surface area contributed by atoms with Crippen molar-refractivity contribution in [2.45, 2.75) is 13.8 Å². The summed E-state index contributed by atoms with van der Waals surface area (Å²) in [7, 11) is 0. The van der Waals surface area contributed by atoms with Crippen molar-refractivity contribution < 1.29 is 14.3 Å². The monoisotopic (exact) mass is 453 g/mol. The molecule has 6 nitrogen and oxygen atoms in total. The van der Waals surface area contributed by atoms with Crippen molar-refractivity contribution in [3.63, 3.8) is 0 Å². The van der Waals surface area contributed by atoms with Crippen LogP contribution in [-0.2, 0) is 4.79 Å². The second kappa shape index (κ2) is 9.06. The molecule has 0 atom stereocenters. The molecule has 1 fully saturated rings. The minimum Gasteiger partial charge on any atom is -0.449 e. The fourth-order valence-corrected chi connectivity index (χ4v) is 4.37. The molecular weight excluding hydrogens is 426 g/mol. The average Bonchev–Trinajstić information content (AvgIpc) is 2.86. The molecule has 2 aliphatic heterocycles. The molecule has 1 saturated heterocycles. The maximum absolute atomic E-state index is 13.1. The van der Waals surface area contributed by atoms with Gasteiger partial charge in [0.1, 0.15) is 0 Å². The molecule has 172 valence electrons. The van der Waals surface area contributed by atoms with Gasteiger partial charge in [-0.15, -0.1) is 0 Å². The van der Waals surface area contributed by atoms with Crippen molar-refractivity contribution in [1.29, 1.82) is 0 Å². The predicted octanol–water partition coefficient (Wildman–Crippen LogP) is 4.64. The fourth-order valence-electron chi connectivity index (χ4n) is 4.37. The van der Waals surface area contributed by atoms with Gasteiger partial charge in [0.05, 0.1) is 5.69 Å². The molecule has 2 heterocycles. The minimum atomic E-state index is -0.291. The van der Waals surface area contributed by atoms with Gasteiger partial charge < -0.3 is 19.9 Å². The van der Waals surface area contributed by atoms with E-state index in [1.807, 2.05) is 35.2 Å². The molecule has 0 saturated carbocycles. The van der Waals surface area contributed by atoms with Crippen LogP contribution in [0, 0.1) is 13.8 Å². The van der Waals surface area contributed by atoms with Gasteiger partial charge in [0.2, 0.25) is 0 Å². The molecule has 1 N–H and O–H groups in total. The standard InChI is InChI=1S/C28H27N3O3/c1-19-7-8-20(2)24(17-19)30-13-15-31(16-14-30)28(33)22-11-9-21(10-12-22)18-26-27(32)29-23-5-3-4-6-25(23)34-26/h3-12,17-18H,13-16H2,1-2H3,(H,29,32)/b26-18-. The molecule has 3 aromatic carbocycles. The zero-order chi connectivity index (χ0) is 23.7. The zero-order valence-electron chi connectivity index (χ0n) is 19.4. The first-order valence-electron chi connectivity index (χ1n) is 11.5. The number of hydrogen-bond acceptors (Lipinski definition) is 4. The molecule has 34 heavy (non-hydrogen) atoms. The number of nitrogens with zero attached hydrogens (tertiary/aromatic N) is 2. The van der Waals surface area contributed by atoms with Gasteiger partial charge in [-0.05, 0) is 66.9 Å². The summed E-state index contributed by atoms with van der Waals surface area (Å²) in [5.74, 6) is 0.571. The molecule has 2 amide bonds. The van der Waals surface area contributed by atoms with Crippen molar-refractivity contribution in [2.75, 3.05) is 36.4 Å². The SMILES string of the molecule is Cc1ccc(C)c(N2CCN(C(=O)c3ccc(/C=C4\Oc5ccccc5NC4=O)cc3)CC2)c1. The lowest BCUT2D eigenvalue weighted by molar-refractivity contribution is -0.115. The van der Waals surface area contributed by atoms with Crippen molar-refractivity contribution in [3.05, 3.63) is 94.7 Å². The topological polar surface area (TPSA) is 61.9 Å². The van der Waals surface area contributed by atoms with Crippen LogP contribution in [0.3, 0.4) is 0 Å². The van der Waals surface area contributed by atoms with E-state index in [2.05, 4.69) is 42.3 Å². The fraction of sp³-hybridized carbons (Fsp3) is 0.214. The lowest BCUT2D eigenvalue weighted by Gasteiger charge is -2.37. The molecule has 0 spiro atoms. The number of hydrogen-bond donors (Lipinski definition) is 1. The van der Waals surface area contributed by atoms with E-state index in [0.717, 1.165) is 18.7 Å². The summed E-state index contributed by atoms with van der Waals surface area (Å²) < 4.78 is 5.75. The van der Waals surface area contributed by atoms with Crippen LogP contribution >= 0.6 is 0 Å². The molecule has 0 unspecified atom stereocenters. The second-order valence-electron chi connectivity index (χ2n) is 8.75. The summed E-state index contributed by atoms with van der Waals surface area (Å²) in [4.78, 5) is 29.7. The van der Waals surface area contributed by atoms with Gasteiger partial charge in [-0.2, -0.15) is 0 Å². The van der Waals surface area contributed by atoms with E-state index in [1.54, 1.807) is 24.3 Å². The van der Waals surface area contributed by atoms with Gasteiger partial charge in [0.15, 0.2) is 11.5 Å². The Labute approximate surface area is 199 Å². The van der Waals surface area contributed by atoms with Gasteiger partial charge in [0, 0.05) is 37.4 Å². The first-order chi connectivity index (χ1) is 16.5. The van der Waals surface area contributed by atoms with E-state index >= 15 is 0 Å². The molecule has 3 aromatic rings. The Hall–Kier alpha value is -4.06.